The minimum absolute atomic E-state index is 0.00570. The van der Waals surface area contributed by atoms with Crippen molar-refractivity contribution in [2.24, 2.45) is 0 Å². The Hall–Kier alpha value is -1.98. The van der Waals surface area contributed by atoms with Crippen molar-refractivity contribution in [1.82, 2.24) is 5.32 Å². The zero-order valence-corrected chi connectivity index (χ0v) is 15.1. The second kappa shape index (κ2) is 9.49. The molecule has 0 saturated carbocycles. The number of thioether (sulfide) groups is 1. The van der Waals surface area contributed by atoms with Gasteiger partial charge in [-0.15, -0.1) is 0 Å². The summed E-state index contributed by atoms with van der Waals surface area (Å²) in [7, 11) is 0. The molecule has 2 aromatic carbocycles. The monoisotopic (exact) mass is 356 g/mol. The fraction of sp³-hybridized carbons (Fsp3) is 0.350. The van der Waals surface area contributed by atoms with Crippen molar-refractivity contribution in [3.63, 3.8) is 0 Å². The van der Waals surface area contributed by atoms with E-state index < -0.39 is 0 Å². The van der Waals surface area contributed by atoms with E-state index in [4.69, 9.17) is 4.74 Å². The van der Waals surface area contributed by atoms with Crippen LogP contribution in [-0.2, 0) is 10.5 Å². The molecule has 3 rings (SSSR count). The van der Waals surface area contributed by atoms with E-state index in [1.807, 2.05) is 42.1 Å². The minimum atomic E-state index is -0.00570. The van der Waals surface area contributed by atoms with E-state index in [1.54, 1.807) is 0 Å². The number of hydrogen-bond acceptors (Lipinski definition) is 4. The molecular formula is C20H24N2O2S. The number of carbonyl (C=O) groups excluding carboxylic acids is 1. The molecule has 1 heterocycles. The number of nitrogens with zero attached hydrogens (tertiary/aromatic N) is 1. The molecule has 1 fully saturated rings. The van der Waals surface area contributed by atoms with Crippen LogP contribution in [0.2, 0.25) is 0 Å². The van der Waals surface area contributed by atoms with Crippen LogP contribution in [0.5, 0.6) is 0 Å². The Morgan fingerprint density at radius 2 is 1.76 bits per heavy atom. The van der Waals surface area contributed by atoms with Gasteiger partial charge in [-0.3, -0.25) is 4.79 Å². The molecule has 0 unspecified atom stereocenters. The first-order chi connectivity index (χ1) is 12.3. The van der Waals surface area contributed by atoms with Crippen LogP contribution >= 0.6 is 11.8 Å². The number of rotatable bonds is 7. The van der Waals surface area contributed by atoms with Gasteiger partial charge in [0.05, 0.1) is 13.2 Å². The molecule has 0 spiro atoms. The molecular weight excluding hydrogens is 332 g/mol. The van der Waals surface area contributed by atoms with Crippen LogP contribution < -0.4 is 10.2 Å². The molecule has 0 bridgehead atoms. The fourth-order valence-corrected chi connectivity index (χ4v) is 3.57. The van der Waals surface area contributed by atoms with Crippen molar-refractivity contribution in [3.8, 4) is 0 Å². The van der Waals surface area contributed by atoms with E-state index in [2.05, 4.69) is 34.5 Å². The lowest BCUT2D eigenvalue weighted by Crippen LogP contribution is -2.36. The summed E-state index contributed by atoms with van der Waals surface area (Å²) < 4.78 is 5.37. The summed E-state index contributed by atoms with van der Waals surface area (Å²) in [5, 5.41) is 2.99. The van der Waals surface area contributed by atoms with Crippen molar-refractivity contribution in [1.29, 1.82) is 0 Å². The Bertz CT molecular complexity index is 655. The summed E-state index contributed by atoms with van der Waals surface area (Å²) in [6.45, 7) is 4.03. The summed E-state index contributed by atoms with van der Waals surface area (Å²) in [5.74, 6) is 1.88. The topological polar surface area (TPSA) is 41.6 Å². The highest BCUT2D eigenvalue weighted by atomic mass is 32.2. The van der Waals surface area contributed by atoms with Crippen LogP contribution in [0.25, 0.3) is 0 Å². The lowest BCUT2D eigenvalue weighted by Gasteiger charge is -2.28. The third-order valence-electron chi connectivity index (χ3n) is 4.15. The Labute approximate surface area is 153 Å². The van der Waals surface area contributed by atoms with Crippen LogP contribution in [0, 0.1) is 0 Å². The number of hydrogen-bond donors (Lipinski definition) is 1. The highest BCUT2D eigenvalue weighted by Gasteiger charge is 2.12. The number of amides is 1. The molecule has 25 heavy (non-hydrogen) atoms. The van der Waals surface area contributed by atoms with Gasteiger partial charge in [-0.2, -0.15) is 11.8 Å². The predicted octanol–water partition coefficient (Wildman–Crippen LogP) is 3.19. The number of morpholine rings is 1. The molecule has 1 N–H and O–H groups in total. The Kier molecular flexibility index (Phi) is 6.77. The van der Waals surface area contributed by atoms with E-state index in [0.29, 0.717) is 12.1 Å². The number of ether oxygens (including phenoxy) is 1. The Balaban J connectivity index is 1.39. The van der Waals surface area contributed by atoms with E-state index in [-0.39, 0.29) is 5.91 Å². The van der Waals surface area contributed by atoms with Crippen molar-refractivity contribution >= 4 is 23.4 Å². The van der Waals surface area contributed by atoms with Crippen molar-refractivity contribution in [2.75, 3.05) is 43.5 Å². The Morgan fingerprint density at radius 3 is 2.48 bits per heavy atom. The van der Waals surface area contributed by atoms with Crippen molar-refractivity contribution in [3.05, 3.63) is 65.7 Å². The maximum atomic E-state index is 12.2. The van der Waals surface area contributed by atoms with Gasteiger partial charge in [0, 0.05) is 42.4 Å². The SMILES string of the molecule is O=C(NCCSCc1ccccc1)c1ccc(N2CCOCC2)cc1. The molecule has 1 aliphatic heterocycles. The molecule has 5 heteroatoms. The molecule has 2 aromatic rings. The zero-order chi connectivity index (χ0) is 17.3. The lowest BCUT2D eigenvalue weighted by atomic mass is 10.1. The Morgan fingerprint density at radius 1 is 1.04 bits per heavy atom. The maximum absolute atomic E-state index is 12.2. The standard InChI is InChI=1S/C20H24N2O2S/c23-20(21-10-15-25-16-17-4-2-1-3-5-17)18-6-8-19(9-7-18)22-11-13-24-14-12-22/h1-9H,10-16H2,(H,21,23). The summed E-state index contributed by atoms with van der Waals surface area (Å²) >= 11 is 1.83. The van der Waals surface area contributed by atoms with Gasteiger partial charge >= 0.3 is 0 Å². The number of benzene rings is 2. The molecule has 0 aromatic heterocycles. The lowest BCUT2D eigenvalue weighted by molar-refractivity contribution is 0.0956. The third kappa shape index (κ3) is 5.51. The molecule has 1 amide bonds. The maximum Gasteiger partial charge on any atom is 0.251 e. The first-order valence-electron chi connectivity index (χ1n) is 8.65. The first kappa shape index (κ1) is 17.8. The average molecular weight is 356 g/mol. The number of anilines is 1. The van der Waals surface area contributed by atoms with E-state index in [1.165, 1.54) is 5.56 Å². The van der Waals surface area contributed by atoms with Crippen LogP contribution in [0.3, 0.4) is 0 Å². The highest BCUT2D eigenvalue weighted by molar-refractivity contribution is 7.98. The first-order valence-corrected chi connectivity index (χ1v) is 9.81. The van der Waals surface area contributed by atoms with Gasteiger partial charge in [-0.05, 0) is 29.8 Å². The highest BCUT2D eigenvalue weighted by Crippen LogP contribution is 2.16. The van der Waals surface area contributed by atoms with Gasteiger partial charge in [-0.1, -0.05) is 30.3 Å². The van der Waals surface area contributed by atoms with Gasteiger partial charge in [0.2, 0.25) is 0 Å². The summed E-state index contributed by atoms with van der Waals surface area (Å²) in [6.07, 6.45) is 0. The van der Waals surface area contributed by atoms with Crippen molar-refractivity contribution in [2.45, 2.75) is 5.75 Å². The summed E-state index contributed by atoms with van der Waals surface area (Å²) in [4.78, 5) is 14.5. The molecule has 0 atom stereocenters. The average Bonchev–Trinajstić information content (AvgIpc) is 2.69. The van der Waals surface area contributed by atoms with Gasteiger partial charge in [-0.25, -0.2) is 0 Å². The second-order valence-corrected chi connectivity index (χ2v) is 7.05. The quantitative estimate of drug-likeness (QED) is 0.774. The summed E-state index contributed by atoms with van der Waals surface area (Å²) in [6, 6.07) is 18.2. The minimum Gasteiger partial charge on any atom is -0.378 e. The predicted molar refractivity (Wildman–Crippen MR) is 104 cm³/mol. The summed E-state index contributed by atoms with van der Waals surface area (Å²) in [5.41, 5.74) is 3.18. The molecule has 1 aliphatic rings. The van der Waals surface area contributed by atoms with Crippen LogP contribution in [0.15, 0.2) is 54.6 Å². The van der Waals surface area contributed by atoms with E-state index in [9.17, 15) is 4.79 Å². The second-order valence-electron chi connectivity index (χ2n) is 5.94. The molecule has 4 nitrogen and oxygen atoms in total. The molecule has 132 valence electrons. The largest absolute Gasteiger partial charge is 0.378 e. The molecule has 0 radical (unpaired) electrons. The van der Waals surface area contributed by atoms with Gasteiger partial charge in [0.1, 0.15) is 0 Å². The van der Waals surface area contributed by atoms with Crippen LogP contribution in [0.4, 0.5) is 5.69 Å². The van der Waals surface area contributed by atoms with Crippen molar-refractivity contribution < 1.29 is 9.53 Å². The van der Waals surface area contributed by atoms with Gasteiger partial charge < -0.3 is 15.0 Å². The van der Waals surface area contributed by atoms with E-state index in [0.717, 1.165) is 43.5 Å². The zero-order valence-electron chi connectivity index (χ0n) is 14.3. The van der Waals surface area contributed by atoms with Gasteiger partial charge in [0.25, 0.3) is 5.91 Å². The smallest absolute Gasteiger partial charge is 0.251 e. The normalized spacial score (nSPS) is 14.3. The van der Waals surface area contributed by atoms with Gasteiger partial charge in [0.15, 0.2) is 0 Å². The fourth-order valence-electron chi connectivity index (χ4n) is 2.75. The van der Waals surface area contributed by atoms with Crippen LogP contribution in [0.1, 0.15) is 15.9 Å². The number of carbonyl (C=O) groups is 1. The molecule has 0 aliphatic carbocycles. The molecule has 1 saturated heterocycles. The van der Waals surface area contributed by atoms with E-state index >= 15 is 0 Å². The van der Waals surface area contributed by atoms with Crippen LogP contribution in [-0.4, -0.2) is 44.5 Å². The third-order valence-corrected chi connectivity index (χ3v) is 5.18. The number of nitrogens with one attached hydrogen (secondary N) is 1.